The fraction of sp³-hybridized carbons (Fsp3) is 1.00. The third-order valence-corrected chi connectivity index (χ3v) is 4.87. The Kier molecular flexibility index (Phi) is 3.91. The van der Waals surface area contributed by atoms with E-state index >= 15 is 0 Å². The van der Waals surface area contributed by atoms with Gasteiger partial charge >= 0.3 is 44.6 Å². The zero-order valence-electron chi connectivity index (χ0n) is 3.53. The topological polar surface area (TPSA) is 0 Å². The molecule has 0 saturated heterocycles. The van der Waals surface area contributed by atoms with Gasteiger partial charge in [-0.15, -0.1) is 0 Å². The maximum atomic E-state index is 3.52. The summed E-state index contributed by atoms with van der Waals surface area (Å²) in [5, 5.41) is 1.37. The summed E-state index contributed by atoms with van der Waals surface area (Å²) in [4.78, 5) is 0. The van der Waals surface area contributed by atoms with Gasteiger partial charge in [-0.05, 0) is 0 Å². The van der Waals surface area contributed by atoms with Gasteiger partial charge in [-0.3, -0.25) is 0 Å². The molecule has 1 unspecified atom stereocenters. The number of hydrogen-bond acceptors (Lipinski definition) is 0. The van der Waals surface area contributed by atoms with Gasteiger partial charge in [-0.1, -0.05) is 0 Å². The molecule has 0 aliphatic rings. The molecule has 0 aliphatic carbocycles. The third-order valence-electron chi connectivity index (χ3n) is 0.436. The van der Waals surface area contributed by atoms with E-state index in [4.69, 9.17) is 0 Å². The zero-order chi connectivity index (χ0) is 4.28. The monoisotopic (exact) mass is 198 g/mol. The maximum absolute atomic E-state index is 3.52. The normalized spacial score (nSPS) is 15.0. The van der Waals surface area contributed by atoms with Crippen LogP contribution in [0.5, 0.6) is 0 Å². The van der Waals surface area contributed by atoms with Crippen LogP contribution < -0.4 is 0 Å². The summed E-state index contributed by atoms with van der Waals surface area (Å²) in [6, 6.07) is 0. The first kappa shape index (κ1) is 6.04. The first-order chi connectivity index (χ1) is 2.27. The Morgan fingerprint density at radius 1 is 1.80 bits per heavy atom. The molecule has 0 rings (SSSR count). The van der Waals surface area contributed by atoms with E-state index in [1.165, 1.54) is 5.21 Å². The van der Waals surface area contributed by atoms with Crippen molar-refractivity contribution in [1.82, 2.24) is 0 Å². The van der Waals surface area contributed by atoms with E-state index in [1.807, 2.05) is 0 Å². The Bertz CT molecular complexity index is 20.9. The molecular weight excluding hydrogens is 191 g/mol. The fourth-order valence-corrected chi connectivity index (χ4v) is 0. The molecule has 32 valence electrons. The van der Waals surface area contributed by atoms with Crippen molar-refractivity contribution in [1.29, 1.82) is 0 Å². The molecule has 0 aromatic heterocycles. The molecule has 2 heteroatoms. The second kappa shape index (κ2) is 3.24. The van der Waals surface area contributed by atoms with E-state index in [9.17, 15) is 0 Å². The summed E-state index contributed by atoms with van der Waals surface area (Å²) in [5.74, 6) is 0. The number of hydrogen-bond donors (Lipinski definition) is 0. The molecule has 0 nitrogen and oxygen atoms in total. The summed E-state index contributed by atoms with van der Waals surface area (Å²) < 4.78 is 0. The molecule has 0 N–H and O–H groups in total. The Hall–Kier alpha value is 1.04. The van der Waals surface area contributed by atoms with Crippen LogP contribution in [0.15, 0.2) is 0 Å². The van der Waals surface area contributed by atoms with E-state index < -0.39 is 0 Å². The van der Waals surface area contributed by atoms with Gasteiger partial charge in [-0.25, -0.2) is 0 Å². The van der Waals surface area contributed by atoms with E-state index in [2.05, 4.69) is 26.6 Å². The Balaban J connectivity index is 2.54. The van der Waals surface area contributed by atoms with E-state index in [-0.39, 0.29) is 12.8 Å². The first-order valence-electron chi connectivity index (χ1n) is 1.64. The molecule has 5 heavy (non-hydrogen) atoms. The molecule has 0 amide bonds. The van der Waals surface area contributed by atoms with Gasteiger partial charge in [0.2, 0.25) is 0 Å². The Morgan fingerprint density at radius 3 is 2.00 bits per heavy atom. The summed E-state index contributed by atoms with van der Waals surface area (Å²) >= 11 is 3.13. The van der Waals surface area contributed by atoms with Gasteiger partial charge in [0.05, 0.1) is 0 Å². The van der Waals surface area contributed by atoms with E-state index in [0.717, 1.165) is 0 Å². The summed E-state index contributed by atoms with van der Waals surface area (Å²) in [5.41, 5.74) is 2.28. The number of halogens is 1. The van der Waals surface area contributed by atoms with E-state index in [1.54, 1.807) is 0 Å². The van der Waals surface area contributed by atoms with Crippen LogP contribution in [-0.2, 0) is 0 Å². The van der Waals surface area contributed by atoms with Crippen molar-refractivity contribution in [3.05, 3.63) is 0 Å². The van der Waals surface area contributed by atoms with Gasteiger partial charge in [0.1, 0.15) is 0 Å². The van der Waals surface area contributed by atoms with Crippen molar-refractivity contribution >= 4 is 26.7 Å². The van der Waals surface area contributed by atoms with Crippen LogP contribution in [0, 0.1) is 0 Å². The number of rotatable bonds is 1. The van der Waals surface area contributed by atoms with Gasteiger partial charge in [0.15, 0.2) is 0 Å². The second-order valence-corrected chi connectivity index (χ2v) is 11.1. The minimum absolute atomic E-state index is 0.389. The van der Waals surface area contributed by atoms with Crippen molar-refractivity contribution in [3.63, 3.8) is 0 Å². The SMILES string of the molecule is CC[As](C)Br. The van der Waals surface area contributed by atoms with Crippen LogP contribution in [0.1, 0.15) is 6.92 Å². The van der Waals surface area contributed by atoms with Crippen molar-refractivity contribution in [2.75, 3.05) is 0 Å². The van der Waals surface area contributed by atoms with Crippen molar-refractivity contribution in [2.24, 2.45) is 0 Å². The summed E-state index contributed by atoms with van der Waals surface area (Å²) in [7, 11) is 0. The Morgan fingerprint density at radius 2 is 2.00 bits per heavy atom. The molecule has 0 radical (unpaired) electrons. The zero-order valence-corrected chi connectivity index (χ0v) is 6.99. The first-order valence-corrected chi connectivity index (χ1v) is 9.24. The molecule has 0 aliphatic heterocycles. The molecule has 0 bridgehead atoms. The molecule has 0 aromatic carbocycles. The van der Waals surface area contributed by atoms with Crippen molar-refractivity contribution in [2.45, 2.75) is 17.8 Å². The van der Waals surface area contributed by atoms with Gasteiger partial charge in [0.25, 0.3) is 0 Å². The predicted octanol–water partition coefficient (Wildman–Crippen LogP) is 2.02. The molecular formula is C3H8AsBr. The molecule has 0 fully saturated rings. The summed E-state index contributed by atoms with van der Waals surface area (Å²) in [6.45, 7) is 2.22. The van der Waals surface area contributed by atoms with Crippen LogP contribution in [0.25, 0.3) is 0 Å². The standard InChI is InChI=1S/C3H8AsBr/c1-3-4(2)5/h3H2,1-2H3. The average Bonchev–Trinajstić information content (AvgIpc) is 1.38. The second-order valence-electron chi connectivity index (χ2n) is 0.921. The molecule has 0 spiro atoms. The van der Waals surface area contributed by atoms with Gasteiger partial charge in [0, 0.05) is 0 Å². The van der Waals surface area contributed by atoms with Crippen LogP contribution >= 0.6 is 13.9 Å². The van der Waals surface area contributed by atoms with Crippen molar-refractivity contribution in [3.8, 4) is 0 Å². The molecule has 0 heterocycles. The summed E-state index contributed by atoms with van der Waals surface area (Å²) in [6.07, 6.45) is 0. The molecule has 1 atom stereocenters. The third kappa shape index (κ3) is 5.04. The molecule has 0 saturated carbocycles. The Labute approximate surface area is 44.8 Å². The predicted molar refractivity (Wildman–Crippen MR) is 31.0 cm³/mol. The molecule has 0 aromatic rings. The van der Waals surface area contributed by atoms with Gasteiger partial charge in [-0.2, -0.15) is 0 Å². The minimum atomic E-state index is -0.389. The van der Waals surface area contributed by atoms with E-state index in [0.29, 0.717) is 0 Å². The van der Waals surface area contributed by atoms with Crippen LogP contribution in [0.3, 0.4) is 0 Å². The van der Waals surface area contributed by atoms with Gasteiger partial charge < -0.3 is 0 Å². The average molecular weight is 199 g/mol. The van der Waals surface area contributed by atoms with Crippen molar-refractivity contribution < 1.29 is 0 Å². The fourth-order valence-electron chi connectivity index (χ4n) is 0. The van der Waals surface area contributed by atoms with Crippen LogP contribution in [0.4, 0.5) is 0 Å². The van der Waals surface area contributed by atoms with Crippen LogP contribution in [0.2, 0.25) is 10.9 Å². The quantitative estimate of drug-likeness (QED) is 0.566. The van der Waals surface area contributed by atoms with Crippen LogP contribution in [-0.4, -0.2) is 12.8 Å².